The molecule has 1 aromatic rings. The van der Waals surface area contributed by atoms with Crippen LogP contribution >= 0.6 is 0 Å². The van der Waals surface area contributed by atoms with Gasteiger partial charge >= 0.3 is 6.09 Å². The SMILES string of the molecule is CCOC(=O)N1CCN(CC(=O)c2c(C)cc(C)cc2C)CC1. The molecule has 0 unspecified atom stereocenters. The second-order valence-electron chi connectivity index (χ2n) is 6.16. The number of ketones is 1. The number of carbonyl (C=O) groups is 2. The molecule has 2 rings (SSSR count). The second kappa shape index (κ2) is 7.59. The number of nitrogens with zero attached hydrogens (tertiary/aromatic N) is 2. The highest BCUT2D eigenvalue weighted by atomic mass is 16.6. The number of piperazine rings is 1. The van der Waals surface area contributed by atoms with Crippen LogP contribution in [0.1, 0.15) is 34.0 Å². The molecule has 0 atom stereocenters. The summed E-state index contributed by atoms with van der Waals surface area (Å²) >= 11 is 0. The van der Waals surface area contributed by atoms with Crippen molar-refractivity contribution in [1.29, 1.82) is 0 Å². The molecule has 0 aliphatic carbocycles. The second-order valence-corrected chi connectivity index (χ2v) is 6.16. The van der Waals surface area contributed by atoms with Gasteiger partial charge in [0.25, 0.3) is 0 Å². The summed E-state index contributed by atoms with van der Waals surface area (Å²) in [6.45, 7) is 11.3. The van der Waals surface area contributed by atoms with Crippen molar-refractivity contribution in [2.45, 2.75) is 27.7 Å². The van der Waals surface area contributed by atoms with Gasteiger partial charge < -0.3 is 9.64 Å². The summed E-state index contributed by atoms with van der Waals surface area (Å²) in [5.41, 5.74) is 4.10. The maximum atomic E-state index is 12.6. The van der Waals surface area contributed by atoms with Crippen molar-refractivity contribution in [1.82, 2.24) is 9.80 Å². The zero-order valence-electron chi connectivity index (χ0n) is 14.5. The van der Waals surface area contributed by atoms with E-state index in [-0.39, 0.29) is 11.9 Å². The lowest BCUT2D eigenvalue weighted by Crippen LogP contribution is -2.50. The van der Waals surface area contributed by atoms with E-state index in [0.29, 0.717) is 39.3 Å². The number of hydrogen-bond acceptors (Lipinski definition) is 4. The summed E-state index contributed by atoms with van der Waals surface area (Å²) in [4.78, 5) is 28.1. The van der Waals surface area contributed by atoms with Gasteiger partial charge in [-0.25, -0.2) is 4.79 Å². The first-order valence-electron chi connectivity index (χ1n) is 8.17. The van der Waals surface area contributed by atoms with E-state index < -0.39 is 0 Å². The van der Waals surface area contributed by atoms with E-state index in [0.717, 1.165) is 16.7 Å². The molecule has 0 radical (unpaired) electrons. The highest BCUT2D eigenvalue weighted by molar-refractivity contribution is 6.00. The van der Waals surface area contributed by atoms with Crippen LogP contribution in [0.25, 0.3) is 0 Å². The number of aryl methyl sites for hydroxylation is 3. The minimum absolute atomic E-state index is 0.157. The van der Waals surface area contributed by atoms with Gasteiger partial charge in [0.15, 0.2) is 5.78 Å². The van der Waals surface area contributed by atoms with Gasteiger partial charge in [0.1, 0.15) is 0 Å². The third kappa shape index (κ3) is 4.32. The van der Waals surface area contributed by atoms with Crippen LogP contribution in [-0.4, -0.2) is 61.0 Å². The average Bonchev–Trinajstić information content (AvgIpc) is 2.47. The quantitative estimate of drug-likeness (QED) is 0.801. The van der Waals surface area contributed by atoms with E-state index in [1.54, 1.807) is 11.8 Å². The van der Waals surface area contributed by atoms with Crippen LogP contribution in [0.4, 0.5) is 4.79 Å². The summed E-state index contributed by atoms with van der Waals surface area (Å²) in [6.07, 6.45) is -0.260. The Bertz CT molecular complexity index is 567. The fourth-order valence-electron chi connectivity index (χ4n) is 3.21. The predicted molar refractivity (Wildman–Crippen MR) is 90.0 cm³/mol. The molecule has 0 aromatic heterocycles. The fourth-order valence-corrected chi connectivity index (χ4v) is 3.21. The molecule has 0 saturated carbocycles. The zero-order chi connectivity index (χ0) is 17.0. The van der Waals surface area contributed by atoms with E-state index in [4.69, 9.17) is 4.74 Å². The Labute approximate surface area is 138 Å². The van der Waals surface area contributed by atoms with Crippen LogP contribution in [0.5, 0.6) is 0 Å². The zero-order valence-corrected chi connectivity index (χ0v) is 14.5. The van der Waals surface area contributed by atoms with E-state index in [2.05, 4.69) is 17.0 Å². The summed E-state index contributed by atoms with van der Waals surface area (Å²) in [7, 11) is 0. The standard InChI is InChI=1S/C18H26N2O3/c1-5-23-18(22)20-8-6-19(7-9-20)12-16(21)17-14(3)10-13(2)11-15(17)4/h10-11H,5-9,12H2,1-4H3. The molecule has 126 valence electrons. The molecule has 5 nitrogen and oxygen atoms in total. The van der Waals surface area contributed by atoms with Crippen molar-refractivity contribution in [3.05, 3.63) is 34.4 Å². The van der Waals surface area contributed by atoms with Crippen molar-refractivity contribution in [3.63, 3.8) is 0 Å². The fraction of sp³-hybridized carbons (Fsp3) is 0.556. The molecule has 1 saturated heterocycles. The first kappa shape index (κ1) is 17.5. The van der Waals surface area contributed by atoms with Gasteiger partial charge in [0.2, 0.25) is 0 Å². The number of rotatable bonds is 4. The highest BCUT2D eigenvalue weighted by Crippen LogP contribution is 2.18. The molecule has 23 heavy (non-hydrogen) atoms. The topological polar surface area (TPSA) is 49.9 Å². The van der Waals surface area contributed by atoms with Gasteiger partial charge in [0.05, 0.1) is 13.2 Å². The lowest BCUT2D eigenvalue weighted by atomic mass is 9.96. The van der Waals surface area contributed by atoms with Crippen molar-refractivity contribution >= 4 is 11.9 Å². The number of hydrogen-bond donors (Lipinski definition) is 0. The lowest BCUT2D eigenvalue weighted by molar-refractivity contribution is 0.0732. The minimum Gasteiger partial charge on any atom is -0.450 e. The molecule has 0 bridgehead atoms. The third-order valence-electron chi connectivity index (χ3n) is 4.22. The smallest absolute Gasteiger partial charge is 0.409 e. The molecule has 1 aromatic carbocycles. The van der Waals surface area contributed by atoms with Crippen LogP contribution in [0, 0.1) is 20.8 Å². The van der Waals surface area contributed by atoms with Gasteiger partial charge in [-0.1, -0.05) is 17.7 Å². The summed E-state index contributed by atoms with van der Waals surface area (Å²) in [6, 6.07) is 4.11. The van der Waals surface area contributed by atoms with Crippen molar-refractivity contribution in [2.75, 3.05) is 39.3 Å². The first-order chi connectivity index (χ1) is 10.9. The molecule has 1 aliphatic heterocycles. The van der Waals surface area contributed by atoms with Gasteiger partial charge in [-0.05, 0) is 38.8 Å². The first-order valence-corrected chi connectivity index (χ1v) is 8.17. The number of amides is 1. The minimum atomic E-state index is -0.260. The van der Waals surface area contributed by atoms with Gasteiger partial charge in [0, 0.05) is 31.7 Å². The predicted octanol–water partition coefficient (Wildman–Crippen LogP) is 2.57. The Kier molecular flexibility index (Phi) is 5.77. The third-order valence-corrected chi connectivity index (χ3v) is 4.22. The Morgan fingerprint density at radius 3 is 2.13 bits per heavy atom. The summed E-state index contributed by atoms with van der Waals surface area (Å²) in [5, 5.41) is 0. The Morgan fingerprint density at radius 1 is 1.04 bits per heavy atom. The Morgan fingerprint density at radius 2 is 1.61 bits per heavy atom. The lowest BCUT2D eigenvalue weighted by Gasteiger charge is -2.33. The molecule has 1 heterocycles. The largest absolute Gasteiger partial charge is 0.450 e. The molecule has 5 heteroatoms. The molecule has 0 spiro atoms. The van der Waals surface area contributed by atoms with Crippen molar-refractivity contribution in [3.8, 4) is 0 Å². The molecule has 0 N–H and O–H groups in total. The Balaban J connectivity index is 1.94. The maximum absolute atomic E-state index is 12.6. The number of Topliss-reactive ketones (excluding diaryl/α,β-unsaturated/α-hetero) is 1. The van der Waals surface area contributed by atoms with Gasteiger partial charge in [-0.2, -0.15) is 0 Å². The number of benzene rings is 1. The molecular weight excluding hydrogens is 292 g/mol. The van der Waals surface area contributed by atoms with Crippen LogP contribution in [-0.2, 0) is 4.74 Å². The van der Waals surface area contributed by atoms with Crippen LogP contribution in [0.3, 0.4) is 0 Å². The molecule has 1 amide bonds. The average molecular weight is 318 g/mol. The van der Waals surface area contributed by atoms with E-state index in [9.17, 15) is 9.59 Å². The van der Waals surface area contributed by atoms with Gasteiger partial charge in [-0.3, -0.25) is 9.69 Å². The molecule has 1 fully saturated rings. The van der Waals surface area contributed by atoms with Crippen LogP contribution in [0.15, 0.2) is 12.1 Å². The van der Waals surface area contributed by atoms with E-state index in [1.807, 2.05) is 20.8 Å². The van der Waals surface area contributed by atoms with E-state index >= 15 is 0 Å². The Hall–Kier alpha value is -1.88. The van der Waals surface area contributed by atoms with Crippen molar-refractivity contribution < 1.29 is 14.3 Å². The van der Waals surface area contributed by atoms with Crippen molar-refractivity contribution in [2.24, 2.45) is 0 Å². The maximum Gasteiger partial charge on any atom is 0.409 e. The summed E-state index contributed by atoms with van der Waals surface area (Å²) in [5.74, 6) is 0.157. The van der Waals surface area contributed by atoms with Crippen LogP contribution < -0.4 is 0 Å². The van der Waals surface area contributed by atoms with Gasteiger partial charge in [-0.15, -0.1) is 0 Å². The number of carbonyl (C=O) groups excluding carboxylic acids is 2. The monoisotopic (exact) mass is 318 g/mol. The normalized spacial score (nSPS) is 15.6. The molecular formula is C18H26N2O3. The number of ether oxygens (including phenoxy) is 1. The highest BCUT2D eigenvalue weighted by Gasteiger charge is 2.24. The van der Waals surface area contributed by atoms with E-state index in [1.165, 1.54) is 5.56 Å². The molecule has 1 aliphatic rings. The summed E-state index contributed by atoms with van der Waals surface area (Å²) < 4.78 is 5.01. The van der Waals surface area contributed by atoms with Crippen LogP contribution in [0.2, 0.25) is 0 Å².